The Kier molecular flexibility index (Phi) is 2.54. The van der Waals surface area contributed by atoms with Crippen molar-refractivity contribution in [2.75, 3.05) is 20.1 Å². The summed E-state index contributed by atoms with van der Waals surface area (Å²) in [6.07, 6.45) is 0. The van der Waals surface area contributed by atoms with Crippen molar-refractivity contribution in [3.05, 3.63) is 0 Å². The number of β-amino-alcohol motifs (C(OH)–C–C–N with tert-alkyl or cyclic N) is 1. The molecular weight excluding hydrogens is 243 g/mol. The van der Waals surface area contributed by atoms with Crippen LogP contribution < -0.4 is 5.32 Å². The first-order valence-corrected chi connectivity index (χ1v) is 4.33. The molecule has 2 atom stereocenters. The predicted octanol–water partition coefficient (Wildman–Crippen LogP) is -0.00900. The molecule has 0 amide bonds. The van der Waals surface area contributed by atoms with E-state index in [1.165, 1.54) is 0 Å². The molecule has 1 heterocycles. The Morgan fingerprint density at radius 3 is 2.60 bits per heavy atom. The molecule has 0 spiro atoms. The first kappa shape index (κ1) is 8.70. The molecule has 0 aromatic carbocycles. The molecule has 0 bridgehead atoms. The zero-order valence-corrected chi connectivity index (χ0v) is 8.42. The molecule has 4 heteroatoms. The Balaban J connectivity index is 2.58. The molecule has 1 saturated heterocycles. The summed E-state index contributed by atoms with van der Waals surface area (Å²) in [6.45, 7) is 3.54. The standard InChI is InChI=1S/C6H13IN2O/c1-6(10)4-9(7)3-5(6)8-2/h5,8,10H,3-4H2,1-2H3. The van der Waals surface area contributed by atoms with Gasteiger partial charge in [0.05, 0.1) is 11.6 Å². The summed E-state index contributed by atoms with van der Waals surface area (Å²) in [5, 5.41) is 12.8. The van der Waals surface area contributed by atoms with Crippen molar-refractivity contribution < 1.29 is 5.11 Å². The van der Waals surface area contributed by atoms with Crippen LogP contribution in [0, 0.1) is 0 Å². The molecule has 2 unspecified atom stereocenters. The molecule has 10 heavy (non-hydrogen) atoms. The quantitative estimate of drug-likeness (QED) is 0.511. The maximum atomic E-state index is 9.72. The number of nitrogens with one attached hydrogen (secondary N) is 1. The van der Waals surface area contributed by atoms with E-state index in [1.807, 2.05) is 14.0 Å². The van der Waals surface area contributed by atoms with E-state index in [1.54, 1.807) is 0 Å². The minimum atomic E-state index is -0.560. The molecule has 0 radical (unpaired) electrons. The van der Waals surface area contributed by atoms with Crippen molar-refractivity contribution in [2.45, 2.75) is 18.6 Å². The molecule has 3 nitrogen and oxygen atoms in total. The van der Waals surface area contributed by atoms with Crippen LogP contribution in [0.4, 0.5) is 0 Å². The van der Waals surface area contributed by atoms with Gasteiger partial charge in [-0.15, -0.1) is 0 Å². The van der Waals surface area contributed by atoms with Gasteiger partial charge in [-0.2, -0.15) is 0 Å². The number of aliphatic hydroxyl groups is 1. The van der Waals surface area contributed by atoms with Crippen molar-refractivity contribution in [3.8, 4) is 0 Å². The highest BCUT2D eigenvalue weighted by molar-refractivity contribution is 14.1. The highest BCUT2D eigenvalue weighted by atomic mass is 127. The Morgan fingerprint density at radius 1 is 1.80 bits per heavy atom. The lowest BCUT2D eigenvalue weighted by Crippen LogP contribution is -2.46. The normalized spacial score (nSPS) is 42.6. The van der Waals surface area contributed by atoms with Crippen LogP contribution in [0.1, 0.15) is 6.92 Å². The predicted molar refractivity (Wildman–Crippen MR) is 49.1 cm³/mol. The molecule has 1 fully saturated rings. The lowest BCUT2D eigenvalue weighted by Gasteiger charge is -2.23. The topological polar surface area (TPSA) is 35.5 Å². The van der Waals surface area contributed by atoms with Gasteiger partial charge in [-0.1, -0.05) is 0 Å². The second-order valence-corrected chi connectivity index (χ2v) is 4.37. The highest BCUT2D eigenvalue weighted by Gasteiger charge is 2.39. The van der Waals surface area contributed by atoms with E-state index in [9.17, 15) is 5.11 Å². The fourth-order valence-electron chi connectivity index (χ4n) is 1.32. The van der Waals surface area contributed by atoms with Crippen LogP contribution >= 0.6 is 22.9 Å². The third-order valence-corrected chi connectivity index (χ3v) is 2.71. The number of nitrogens with zero attached hydrogens (tertiary/aromatic N) is 1. The molecular formula is C6H13IN2O. The van der Waals surface area contributed by atoms with E-state index < -0.39 is 5.60 Å². The molecule has 0 aliphatic carbocycles. The Labute approximate surface area is 75.3 Å². The van der Waals surface area contributed by atoms with Gasteiger partial charge in [0.25, 0.3) is 0 Å². The maximum absolute atomic E-state index is 9.72. The molecule has 0 aromatic rings. The van der Waals surface area contributed by atoms with Gasteiger partial charge in [0.15, 0.2) is 0 Å². The highest BCUT2D eigenvalue weighted by Crippen LogP contribution is 2.23. The molecule has 1 aliphatic heterocycles. The smallest absolute Gasteiger partial charge is 0.0919 e. The molecule has 0 saturated carbocycles. The van der Waals surface area contributed by atoms with Gasteiger partial charge in [-0.3, -0.25) is 0 Å². The van der Waals surface area contributed by atoms with Crippen LogP contribution in [0.3, 0.4) is 0 Å². The summed E-state index contributed by atoms with van der Waals surface area (Å²) in [6, 6.07) is 0.212. The number of hydrogen-bond acceptors (Lipinski definition) is 3. The first-order chi connectivity index (χ1) is 4.56. The first-order valence-electron chi connectivity index (χ1n) is 3.36. The summed E-state index contributed by atoms with van der Waals surface area (Å²) in [7, 11) is 1.88. The van der Waals surface area contributed by atoms with Gasteiger partial charge in [0, 0.05) is 36.0 Å². The van der Waals surface area contributed by atoms with Crippen LogP contribution in [0.5, 0.6) is 0 Å². The molecule has 0 aromatic heterocycles. The summed E-state index contributed by atoms with van der Waals surface area (Å²) < 4.78 is 2.10. The summed E-state index contributed by atoms with van der Waals surface area (Å²) in [5.41, 5.74) is -0.560. The van der Waals surface area contributed by atoms with E-state index in [4.69, 9.17) is 0 Å². The van der Waals surface area contributed by atoms with E-state index in [-0.39, 0.29) is 6.04 Å². The summed E-state index contributed by atoms with van der Waals surface area (Å²) in [4.78, 5) is 0. The van der Waals surface area contributed by atoms with E-state index in [2.05, 4.69) is 31.3 Å². The van der Waals surface area contributed by atoms with Gasteiger partial charge in [-0.25, -0.2) is 3.11 Å². The van der Waals surface area contributed by atoms with E-state index in [0.29, 0.717) is 0 Å². The SMILES string of the molecule is CNC1CN(I)CC1(C)O. The minimum Gasteiger partial charge on any atom is -0.387 e. The number of likely N-dealkylation sites (N-methyl/N-ethyl adjacent to an activating group) is 1. The number of hydrogen-bond donors (Lipinski definition) is 2. The van der Waals surface area contributed by atoms with Crippen molar-refractivity contribution in [3.63, 3.8) is 0 Å². The fraction of sp³-hybridized carbons (Fsp3) is 1.00. The van der Waals surface area contributed by atoms with Gasteiger partial charge >= 0.3 is 0 Å². The molecule has 2 N–H and O–H groups in total. The van der Waals surface area contributed by atoms with Crippen LogP contribution in [0.15, 0.2) is 0 Å². The molecule has 1 aliphatic rings. The molecule has 1 rings (SSSR count). The van der Waals surface area contributed by atoms with Gasteiger partial charge in [0.1, 0.15) is 0 Å². The van der Waals surface area contributed by atoms with Crippen LogP contribution in [-0.4, -0.2) is 40.0 Å². The van der Waals surface area contributed by atoms with Crippen LogP contribution in [0.2, 0.25) is 0 Å². The fourth-order valence-corrected chi connectivity index (χ4v) is 2.40. The average Bonchev–Trinajstić information content (AvgIpc) is 2.04. The summed E-state index contributed by atoms with van der Waals surface area (Å²) in [5.74, 6) is 0. The molecule has 60 valence electrons. The zero-order valence-electron chi connectivity index (χ0n) is 6.26. The average molecular weight is 256 g/mol. The Bertz CT molecular complexity index is 129. The number of halogens is 1. The lowest BCUT2D eigenvalue weighted by atomic mass is 10.0. The van der Waals surface area contributed by atoms with Crippen molar-refractivity contribution >= 4 is 22.9 Å². The van der Waals surface area contributed by atoms with E-state index in [0.717, 1.165) is 13.1 Å². The summed E-state index contributed by atoms with van der Waals surface area (Å²) >= 11 is 2.23. The van der Waals surface area contributed by atoms with Crippen LogP contribution in [-0.2, 0) is 0 Å². The maximum Gasteiger partial charge on any atom is 0.0919 e. The van der Waals surface area contributed by atoms with Crippen LogP contribution in [0.25, 0.3) is 0 Å². The van der Waals surface area contributed by atoms with Gasteiger partial charge < -0.3 is 10.4 Å². The zero-order chi connectivity index (χ0) is 7.78. The Morgan fingerprint density at radius 2 is 2.40 bits per heavy atom. The second-order valence-electron chi connectivity index (χ2n) is 3.00. The third kappa shape index (κ3) is 1.61. The van der Waals surface area contributed by atoms with Gasteiger partial charge in [-0.05, 0) is 14.0 Å². The lowest BCUT2D eigenvalue weighted by molar-refractivity contribution is 0.0537. The van der Waals surface area contributed by atoms with Crippen molar-refractivity contribution in [1.82, 2.24) is 8.43 Å². The van der Waals surface area contributed by atoms with Crippen molar-refractivity contribution in [2.24, 2.45) is 0 Å². The minimum absolute atomic E-state index is 0.212. The second kappa shape index (κ2) is 2.92. The van der Waals surface area contributed by atoms with E-state index >= 15 is 0 Å². The monoisotopic (exact) mass is 256 g/mol. The third-order valence-electron chi connectivity index (χ3n) is 1.97. The van der Waals surface area contributed by atoms with Crippen molar-refractivity contribution in [1.29, 1.82) is 0 Å². The van der Waals surface area contributed by atoms with Gasteiger partial charge in [0.2, 0.25) is 0 Å². The Hall–Kier alpha value is 0.610. The number of rotatable bonds is 1. The largest absolute Gasteiger partial charge is 0.387 e.